The number of rotatable bonds is 4. The Balaban J connectivity index is 2.14. The highest BCUT2D eigenvalue weighted by Gasteiger charge is 2.39. The molecule has 2 atom stereocenters. The van der Waals surface area contributed by atoms with Crippen molar-refractivity contribution < 1.29 is 19.4 Å². The van der Waals surface area contributed by atoms with Crippen LogP contribution in [0.25, 0.3) is 0 Å². The highest BCUT2D eigenvalue weighted by molar-refractivity contribution is 8.00. The maximum Gasteiger partial charge on any atom is 0.336 e. The van der Waals surface area contributed by atoms with Crippen LogP contribution >= 0.6 is 11.8 Å². The van der Waals surface area contributed by atoms with Crippen LogP contribution in [0.5, 0.6) is 0 Å². The van der Waals surface area contributed by atoms with E-state index in [9.17, 15) is 14.7 Å². The number of carbonyl (C=O) groups is 2. The molecule has 1 aliphatic heterocycles. The van der Waals surface area contributed by atoms with Crippen molar-refractivity contribution in [2.45, 2.75) is 25.2 Å². The molecule has 0 aromatic heterocycles. The minimum Gasteiger partial charge on any atom is -0.464 e. The molecule has 0 spiro atoms. The van der Waals surface area contributed by atoms with E-state index in [4.69, 9.17) is 4.74 Å². The molecule has 1 saturated heterocycles. The third kappa shape index (κ3) is 3.57. The van der Waals surface area contributed by atoms with E-state index in [0.29, 0.717) is 12.3 Å². The van der Waals surface area contributed by atoms with E-state index in [0.717, 1.165) is 11.3 Å². The molecule has 1 aromatic rings. The van der Waals surface area contributed by atoms with Gasteiger partial charge in [0.25, 0.3) is 0 Å². The summed E-state index contributed by atoms with van der Waals surface area (Å²) in [5.41, 5.74) is 1.90. The Labute approximate surface area is 128 Å². The molecule has 0 aliphatic carbocycles. The van der Waals surface area contributed by atoms with Gasteiger partial charge >= 0.3 is 5.97 Å². The lowest BCUT2D eigenvalue weighted by molar-refractivity contribution is -0.154. The first-order valence-corrected chi connectivity index (χ1v) is 7.93. The number of aliphatic hydroxyl groups is 1. The van der Waals surface area contributed by atoms with E-state index in [1.165, 1.54) is 11.8 Å². The lowest BCUT2D eigenvalue weighted by atomic mass is 10.1. The Hall–Kier alpha value is -1.53. The van der Waals surface area contributed by atoms with Crippen LogP contribution in [0.2, 0.25) is 0 Å². The maximum absolute atomic E-state index is 12.5. The lowest BCUT2D eigenvalue weighted by Crippen LogP contribution is -2.51. The number of anilines is 1. The smallest absolute Gasteiger partial charge is 0.336 e. The predicted octanol–water partition coefficient (Wildman–Crippen LogP) is 1.37. The van der Waals surface area contributed by atoms with Gasteiger partial charge in [0.1, 0.15) is 5.25 Å². The van der Waals surface area contributed by atoms with Crippen LogP contribution in [-0.4, -0.2) is 47.2 Å². The number of hydrogen-bond acceptors (Lipinski definition) is 5. The molecule has 1 N–H and O–H groups in total. The molecule has 21 heavy (non-hydrogen) atoms. The molecule has 6 heteroatoms. The van der Waals surface area contributed by atoms with Gasteiger partial charge in [-0.05, 0) is 26.0 Å². The van der Waals surface area contributed by atoms with Crippen molar-refractivity contribution in [1.29, 1.82) is 0 Å². The number of hydrogen-bond donors (Lipinski definition) is 1. The topological polar surface area (TPSA) is 66.8 Å². The Bertz CT molecular complexity index is 517. The second-order valence-electron chi connectivity index (χ2n) is 4.81. The van der Waals surface area contributed by atoms with Gasteiger partial charge in [0, 0.05) is 18.0 Å². The highest BCUT2D eigenvalue weighted by Crippen LogP contribution is 2.28. The van der Waals surface area contributed by atoms with Gasteiger partial charge in [0.15, 0.2) is 6.10 Å². The highest BCUT2D eigenvalue weighted by atomic mass is 32.2. The Morgan fingerprint density at radius 3 is 2.76 bits per heavy atom. The molecule has 1 fully saturated rings. The summed E-state index contributed by atoms with van der Waals surface area (Å²) in [4.78, 5) is 25.7. The zero-order valence-electron chi connectivity index (χ0n) is 12.1. The van der Waals surface area contributed by atoms with Gasteiger partial charge in [0.2, 0.25) is 5.91 Å². The molecular formula is C15H19NO4S. The van der Waals surface area contributed by atoms with Crippen LogP contribution < -0.4 is 4.90 Å². The fraction of sp³-hybridized carbons (Fsp3) is 0.467. The number of carbonyl (C=O) groups excluding carboxylic acids is 2. The fourth-order valence-electron chi connectivity index (χ4n) is 2.16. The number of nitrogens with zero attached hydrogens (tertiary/aromatic N) is 1. The number of aryl methyl sites for hydroxylation is 1. The summed E-state index contributed by atoms with van der Waals surface area (Å²) < 4.78 is 4.79. The normalized spacial score (nSPS) is 20.2. The molecule has 5 nitrogen and oxygen atoms in total. The Morgan fingerprint density at radius 1 is 1.48 bits per heavy atom. The van der Waals surface area contributed by atoms with Crippen LogP contribution in [-0.2, 0) is 14.3 Å². The number of thioether (sulfide) groups is 1. The minimum absolute atomic E-state index is 0.184. The van der Waals surface area contributed by atoms with Gasteiger partial charge in [0.05, 0.1) is 6.61 Å². The SMILES string of the molecule is CCOC(=O)C(O)C1SCCN(c2ccc(C)cc2)C1=O. The number of aliphatic hydroxyl groups excluding tert-OH is 1. The summed E-state index contributed by atoms with van der Waals surface area (Å²) in [6, 6.07) is 7.61. The van der Waals surface area contributed by atoms with Crippen LogP contribution in [0.3, 0.4) is 0 Å². The molecule has 0 bridgehead atoms. The van der Waals surface area contributed by atoms with Crippen molar-refractivity contribution in [1.82, 2.24) is 0 Å². The van der Waals surface area contributed by atoms with Crippen LogP contribution in [0.15, 0.2) is 24.3 Å². The van der Waals surface area contributed by atoms with E-state index in [1.807, 2.05) is 31.2 Å². The second kappa shape index (κ2) is 6.95. The van der Waals surface area contributed by atoms with Gasteiger partial charge in [-0.25, -0.2) is 4.79 Å². The van der Waals surface area contributed by atoms with Crippen LogP contribution in [0.4, 0.5) is 5.69 Å². The summed E-state index contributed by atoms with van der Waals surface area (Å²) in [5, 5.41) is 9.20. The van der Waals surface area contributed by atoms with Gasteiger partial charge in [-0.2, -0.15) is 0 Å². The maximum atomic E-state index is 12.5. The predicted molar refractivity (Wildman–Crippen MR) is 82.4 cm³/mol. The minimum atomic E-state index is -1.42. The molecule has 114 valence electrons. The Kier molecular flexibility index (Phi) is 5.25. The van der Waals surface area contributed by atoms with E-state index in [1.54, 1.807) is 11.8 Å². The Morgan fingerprint density at radius 2 is 2.14 bits per heavy atom. The zero-order chi connectivity index (χ0) is 15.4. The molecule has 2 rings (SSSR count). The summed E-state index contributed by atoms with van der Waals surface area (Å²) in [6.45, 7) is 4.39. The molecule has 0 saturated carbocycles. The molecule has 2 unspecified atom stereocenters. The summed E-state index contributed by atoms with van der Waals surface area (Å²) in [6.07, 6.45) is -1.42. The van der Waals surface area contributed by atoms with Crippen molar-refractivity contribution in [2.24, 2.45) is 0 Å². The van der Waals surface area contributed by atoms with Gasteiger partial charge in [-0.3, -0.25) is 4.79 Å². The number of esters is 1. The number of amides is 1. The third-order valence-electron chi connectivity index (χ3n) is 3.28. The lowest BCUT2D eigenvalue weighted by Gasteiger charge is -2.33. The second-order valence-corrected chi connectivity index (χ2v) is 6.06. The van der Waals surface area contributed by atoms with Crippen molar-refractivity contribution in [3.63, 3.8) is 0 Å². The summed E-state index contributed by atoms with van der Waals surface area (Å²) in [5.74, 6) is -0.328. The van der Waals surface area contributed by atoms with Gasteiger partial charge in [-0.15, -0.1) is 11.8 Å². The molecule has 1 amide bonds. The van der Waals surface area contributed by atoms with Crippen molar-refractivity contribution >= 4 is 29.3 Å². The first-order chi connectivity index (χ1) is 10.0. The van der Waals surface area contributed by atoms with Crippen LogP contribution in [0, 0.1) is 6.92 Å². The van der Waals surface area contributed by atoms with Gasteiger partial charge < -0.3 is 14.7 Å². The fourth-order valence-corrected chi connectivity index (χ4v) is 3.27. The first kappa shape index (κ1) is 15.9. The standard InChI is InChI=1S/C15H19NO4S/c1-3-20-15(19)12(17)13-14(18)16(8-9-21-13)11-6-4-10(2)5-7-11/h4-7,12-13,17H,3,8-9H2,1-2H3. The van der Waals surface area contributed by atoms with E-state index >= 15 is 0 Å². The van der Waals surface area contributed by atoms with E-state index in [-0.39, 0.29) is 12.5 Å². The largest absolute Gasteiger partial charge is 0.464 e. The zero-order valence-corrected chi connectivity index (χ0v) is 12.9. The van der Waals surface area contributed by atoms with Crippen molar-refractivity contribution in [2.75, 3.05) is 23.8 Å². The number of benzene rings is 1. The average Bonchev–Trinajstić information content (AvgIpc) is 2.48. The van der Waals surface area contributed by atoms with Crippen molar-refractivity contribution in [3.05, 3.63) is 29.8 Å². The molecular weight excluding hydrogens is 290 g/mol. The van der Waals surface area contributed by atoms with Crippen molar-refractivity contribution in [3.8, 4) is 0 Å². The monoisotopic (exact) mass is 309 g/mol. The number of ether oxygens (including phenoxy) is 1. The van der Waals surface area contributed by atoms with Crippen LogP contribution in [0.1, 0.15) is 12.5 Å². The molecule has 1 aromatic carbocycles. The average molecular weight is 309 g/mol. The summed E-state index contributed by atoms with van der Waals surface area (Å²) >= 11 is 1.29. The van der Waals surface area contributed by atoms with E-state index in [2.05, 4.69) is 0 Å². The molecule has 1 aliphatic rings. The first-order valence-electron chi connectivity index (χ1n) is 6.89. The molecule has 1 heterocycles. The third-order valence-corrected chi connectivity index (χ3v) is 4.52. The van der Waals surface area contributed by atoms with Gasteiger partial charge in [-0.1, -0.05) is 17.7 Å². The molecule has 0 radical (unpaired) electrons. The quantitative estimate of drug-likeness (QED) is 0.851. The van der Waals surface area contributed by atoms with E-state index < -0.39 is 17.3 Å². The summed E-state index contributed by atoms with van der Waals surface area (Å²) in [7, 11) is 0.